The average Bonchev–Trinajstić information content (AvgIpc) is 3.36. The number of carbonyl (C=O) groups is 2. The van der Waals surface area contributed by atoms with E-state index in [0.717, 1.165) is 18.2 Å². The summed E-state index contributed by atoms with van der Waals surface area (Å²) in [7, 11) is 0. The van der Waals surface area contributed by atoms with Gasteiger partial charge in [-0.3, -0.25) is 9.36 Å². The van der Waals surface area contributed by atoms with Crippen LogP contribution in [-0.4, -0.2) is 26.7 Å². The topological polar surface area (TPSA) is 85.3 Å². The van der Waals surface area contributed by atoms with Gasteiger partial charge in [0.1, 0.15) is 17.1 Å². The summed E-state index contributed by atoms with van der Waals surface area (Å²) in [6.45, 7) is 4.15. The van der Waals surface area contributed by atoms with E-state index in [4.69, 9.17) is 32.8 Å². The molecule has 1 N–H and O–H groups in total. The van der Waals surface area contributed by atoms with Gasteiger partial charge in [-0.25, -0.2) is 13.6 Å². The van der Waals surface area contributed by atoms with Crippen molar-refractivity contribution in [3.8, 4) is 11.3 Å². The van der Waals surface area contributed by atoms with Crippen molar-refractivity contribution in [3.63, 3.8) is 0 Å². The first kappa shape index (κ1) is 24.6. The standard InChI is InChI=1S/C25H18Cl2F2N2O4/c1-12-11-31(18-6-4-5-13(20(12)18)7-8-19(32)33)24(34)21-22(30-35-23(21)25(2,3)29)14-9-17(28)16(27)10-15(14)26/h4-11H,1-3H3,(H,32,33)/b8-7+. The lowest BCUT2D eigenvalue weighted by atomic mass is 9.98. The third kappa shape index (κ3) is 4.47. The van der Waals surface area contributed by atoms with Crippen LogP contribution in [0.25, 0.3) is 28.2 Å². The molecule has 0 aliphatic rings. The van der Waals surface area contributed by atoms with Gasteiger partial charge in [0.15, 0.2) is 11.4 Å². The van der Waals surface area contributed by atoms with Crippen LogP contribution < -0.4 is 0 Å². The Morgan fingerprint density at radius 3 is 2.57 bits per heavy atom. The quantitative estimate of drug-likeness (QED) is 0.226. The summed E-state index contributed by atoms with van der Waals surface area (Å²) in [5, 5.41) is 13.3. The molecule has 0 atom stereocenters. The molecule has 0 radical (unpaired) electrons. The number of benzene rings is 2. The van der Waals surface area contributed by atoms with E-state index in [1.165, 1.54) is 24.5 Å². The van der Waals surface area contributed by atoms with Crippen LogP contribution in [0.15, 0.2) is 47.1 Å². The van der Waals surface area contributed by atoms with Gasteiger partial charge in [-0.05, 0) is 56.2 Å². The number of carbonyl (C=O) groups excluding carboxylic acids is 1. The van der Waals surface area contributed by atoms with Crippen molar-refractivity contribution >= 4 is 52.1 Å². The number of fused-ring (bicyclic) bond motifs is 1. The molecule has 2 heterocycles. The molecule has 4 aromatic rings. The molecule has 2 aromatic carbocycles. The van der Waals surface area contributed by atoms with E-state index in [2.05, 4.69) is 5.16 Å². The Balaban J connectivity index is 1.97. The highest BCUT2D eigenvalue weighted by molar-refractivity contribution is 6.36. The van der Waals surface area contributed by atoms with Crippen LogP contribution in [0, 0.1) is 12.7 Å². The molecule has 0 saturated carbocycles. The van der Waals surface area contributed by atoms with Crippen molar-refractivity contribution in [2.24, 2.45) is 0 Å². The molecular weight excluding hydrogens is 501 g/mol. The van der Waals surface area contributed by atoms with Crippen molar-refractivity contribution in [2.75, 3.05) is 0 Å². The number of carboxylic acid groups (broad SMARTS) is 1. The molecule has 4 rings (SSSR count). The van der Waals surface area contributed by atoms with Crippen LogP contribution in [0.3, 0.4) is 0 Å². The van der Waals surface area contributed by atoms with Crippen LogP contribution in [0.1, 0.15) is 41.1 Å². The minimum atomic E-state index is -2.11. The van der Waals surface area contributed by atoms with Crippen molar-refractivity contribution in [1.82, 2.24) is 9.72 Å². The average molecular weight is 519 g/mol. The summed E-state index contributed by atoms with van der Waals surface area (Å²) in [6, 6.07) is 7.20. The lowest BCUT2D eigenvalue weighted by Gasteiger charge is -2.13. The summed E-state index contributed by atoms with van der Waals surface area (Å²) >= 11 is 12.1. The Morgan fingerprint density at radius 1 is 1.20 bits per heavy atom. The SMILES string of the molecule is Cc1cn(C(=O)c2c(-c3cc(F)c(Cl)cc3Cl)noc2C(C)(C)F)c2cccc(/C=C/C(=O)O)c12. The third-order valence-electron chi connectivity index (χ3n) is 5.39. The molecule has 35 heavy (non-hydrogen) atoms. The van der Waals surface area contributed by atoms with Crippen molar-refractivity contribution in [1.29, 1.82) is 0 Å². The first-order valence-electron chi connectivity index (χ1n) is 10.3. The highest BCUT2D eigenvalue weighted by Gasteiger charge is 2.36. The molecular formula is C25H18Cl2F2N2O4. The molecule has 0 bridgehead atoms. The van der Waals surface area contributed by atoms with E-state index in [9.17, 15) is 14.0 Å². The van der Waals surface area contributed by atoms with Gasteiger partial charge in [0.2, 0.25) is 0 Å². The van der Waals surface area contributed by atoms with E-state index in [0.29, 0.717) is 22.0 Å². The number of aromatic nitrogens is 2. The molecule has 0 amide bonds. The maximum Gasteiger partial charge on any atom is 0.328 e. The fourth-order valence-electron chi connectivity index (χ4n) is 3.89. The number of rotatable bonds is 5. The number of hydrogen-bond donors (Lipinski definition) is 1. The van der Waals surface area contributed by atoms with Gasteiger partial charge >= 0.3 is 5.97 Å². The van der Waals surface area contributed by atoms with E-state index in [-0.39, 0.29) is 32.6 Å². The first-order valence-corrected chi connectivity index (χ1v) is 11.1. The van der Waals surface area contributed by atoms with Crippen molar-refractivity contribution in [2.45, 2.75) is 26.4 Å². The number of alkyl halides is 1. The number of carboxylic acids is 1. The lowest BCUT2D eigenvalue weighted by Crippen LogP contribution is -2.18. The van der Waals surface area contributed by atoms with E-state index in [1.54, 1.807) is 31.3 Å². The molecule has 6 nitrogen and oxygen atoms in total. The number of aliphatic carboxylic acids is 1. The van der Waals surface area contributed by atoms with Crippen molar-refractivity contribution < 1.29 is 28.0 Å². The Bertz CT molecular complexity index is 1530. The van der Waals surface area contributed by atoms with Crippen LogP contribution in [0.5, 0.6) is 0 Å². The lowest BCUT2D eigenvalue weighted by molar-refractivity contribution is -0.131. The molecule has 0 aliphatic heterocycles. The van der Waals surface area contributed by atoms with Gasteiger partial charge in [0.05, 0.1) is 15.6 Å². The predicted octanol–water partition coefficient (Wildman–Crippen LogP) is 7.04. The minimum absolute atomic E-state index is 0.00315. The number of nitrogens with zero attached hydrogens (tertiary/aromatic N) is 2. The van der Waals surface area contributed by atoms with E-state index >= 15 is 4.39 Å². The Morgan fingerprint density at radius 2 is 1.91 bits per heavy atom. The molecule has 0 saturated heterocycles. The summed E-state index contributed by atoms with van der Waals surface area (Å²) in [5.74, 6) is -2.96. The monoisotopic (exact) mass is 518 g/mol. The molecule has 2 aromatic heterocycles. The summed E-state index contributed by atoms with van der Waals surface area (Å²) in [6.07, 6.45) is 3.96. The molecule has 0 aliphatic carbocycles. The largest absolute Gasteiger partial charge is 0.478 e. The van der Waals surface area contributed by atoms with Crippen LogP contribution in [-0.2, 0) is 10.5 Å². The Kier molecular flexibility index (Phi) is 6.29. The van der Waals surface area contributed by atoms with Crippen LogP contribution in [0.2, 0.25) is 10.0 Å². The summed E-state index contributed by atoms with van der Waals surface area (Å²) in [4.78, 5) is 24.9. The summed E-state index contributed by atoms with van der Waals surface area (Å²) in [5.41, 5.74) is -0.775. The minimum Gasteiger partial charge on any atom is -0.478 e. The predicted molar refractivity (Wildman–Crippen MR) is 129 cm³/mol. The smallest absolute Gasteiger partial charge is 0.328 e. The second-order valence-electron chi connectivity index (χ2n) is 8.35. The van der Waals surface area contributed by atoms with Gasteiger partial charge in [-0.15, -0.1) is 0 Å². The van der Waals surface area contributed by atoms with Crippen LogP contribution >= 0.6 is 23.2 Å². The highest BCUT2D eigenvalue weighted by Crippen LogP contribution is 2.39. The number of halogens is 4. The first-order chi connectivity index (χ1) is 16.4. The molecule has 180 valence electrons. The van der Waals surface area contributed by atoms with Gasteiger partial charge in [-0.2, -0.15) is 0 Å². The van der Waals surface area contributed by atoms with E-state index < -0.39 is 23.4 Å². The highest BCUT2D eigenvalue weighted by atomic mass is 35.5. The Hall–Kier alpha value is -3.49. The van der Waals surface area contributed by atoms with Crippen LogP contribution in [0.4, 0.5) is 8.78 Å². The van der Waals surface area contributed by atoms with Gasteiger partial charge < -0.3 is 9.63 Å². The van der Waals surface area contributed by atoms with E-state index in [1.807, 2.05) is 0 Å². The Labute approximate surface area is 208 Å². The zero-order valence-electron chi connectivity index (χ0n) is 18.7. The van der Waals surface area contributed by atoms with Gasteiger partial charge in [-0.1, -0.05) is 40.5 Å². The summed E-state index contributed by atoms with van der Waals surface area (Å²) < 4.78 is 35.9. The fourth-order valence-corrected chi connectivity index (χ4v) is 4.36. The van der Waals surface area contributed by atoms with Gasteiger partial charge in [0, 0.05) is 23.2 Å². The third-order valence-corrected chi connectivity index (χ3v) is 5.99. The zero-order chi connectivity index (χ0) is 25.7. The second kappa shape index (κ2) is 8.94. The van der Waals surface area contributed by atoms with Gasteiger partial charge in [0.25, 0.3) is 5.91 Å². The number of hydrogen-bond acceptors (Lipinski definition) is 4. The number of aryl methyl sites for hydroxylation is 1. The second-order valence-corrected chi connectivity index (χ2v) is 9.17. The molecule has 0 spiro atoms. The molecule has 0 fully saturated rings. The fraction of sp³-hybridized carbons (Fsp3) is 0.160. The molecule has 10 heteroatoms. The maximum atomic E-state index is 15.1. The van der Waals surface area contributed by atoms with Crippen molar-refractivity contribution in [3.05, 3.63) is 80.9 Å². The zero-order valence-corrected chi connectivity index (χ0v) is 20.2. The maximum absolute atomic E-state index is 15.1. The normalized spacial score (nSPS) is 12.1. The molecule has 0 unspecified atom stereocenters.